The summed E-state index contributed by atoms with van der Waals surface area (Å²) in [5, 5.41) is 6.87. The van der Waals surface area contributed by atoms with Crippen molar-refractivity contribution in [1.82, 2.24) is 10.7 Å². The van der Waals surface area contributed by atoms with Crippen molar-refractivity contribution in [3.8, 4) is 0 Å². The van der Waals surface area contributed by atoms with Crippen LogP contribution in [-0.4, -0.2) is 30.1 Å². The molecule has 2 aromatic carbocycles. The quantitative estimate of drug-likeness (QED) is 0.737. The highest BCUT2D eigenvalue weighted by Gasteiger charge is 2.26. The Morgan fingerprint density at radius 1 is 1.14 bits per heavy atom. The van der Waals surface area contributed by atoms with E-state index in [1.165, 1.54) is 11.9 Å². The predicted octanol–water partition coefficient (Wildman–Crippen LogP) is 1.77. The minimum Gasteiger partial charge on any atom is -0.343 e. The van der Waals surface area contributed by atoms with Crippen LogP contribution in [0.25, 0.3) is 0 Å². The molecule has 8 nitrogen and oxygen atoms in total. The topological polar surface area (TPSA) is 103 Å². The number of carbonyl (C=O) groups is 3. The first-order chi connectivity index (χ1) is 13.4. The maximum Gasteiger partial charge on any atom is 0.288 e. The van der Waals surface area contributed by atoms with E-state index in [2.05, 4.69) is 21.1 Å². The van der Waals surface area contributed by atoms with E-state index in [9.17, 15) is 14.4 Å². The summed E-state index contributed by atoms with van der Waals surface area (Å²) in [4.78, 5) is 40.0. The Morgan fingerprint density at radius 2 is 1.89 bits per heavy atom. The number of hydrogen-bond acceptors (Lipinski definition) is 5. The van der Waals surface area contributed by atoms with Gasteiger partial charge in [-0.2, -0.15) is 0 Å². The van der Waals surface area contributed by atoms with Crippen molar-refractivity contribution in [2.24, 2.45) is 4.99 Å². The minimum atomic E-state index is -0.425. The van der Waals surface area contributed by atoms with Crippen molar-refractivity contribution in [1.29, 1.82) is 0 Å². The Kier molecular flexibility index (Phi) is 5.69. The van der Waals surface area contributed by atoms with Crippen LogP contribution in [0.3, 0.4) is 0 Å². The first-order valence-electron chi connectivity index (χ1n) is 8.81. The Labute approximate surface area is 162 Å². The van der Waals surface area contributed by atoms with Gasteiger partial charge in [0.25, 0.3) is 11.8 Å². The Hall–Kier alpha value is -3.68. The van der Waals surface area contributed by atoms with E-state index in [1.54, 1.807) is 42.5 Å². The van der Waals surface area contributed by atoms with E-state index in [0.717, 1.165) is 5.56 Å². The summed E-state index contributed by atoms with van der Waals surface area (Å²) >= 11 is 0. The molecular weight excluding hydrogens is 358 g/mol. The molecule has 144 valence electrons. The van der Waals surface area contributed by atoms with Gasteiger partial charge in [0.1, 0.15) is 6.54 Å². The zero-order chi connectivity index (χ0) is 20.1. The third kappa shape index (κ3) is 4.53. The number of benzene rings is 2. The molecule has 0 saturated carbocycles. The van der Waals surface area contributed by atoms with Crippen LogP contribution in [0.4, 0.5) is 11.4 Å². The normalized spacial score (nSPS) is 14.6. The van der Waals surface area contributed by atoms with Crippen LogP contribution in [0.5, 0.6) is 0 Å². The van der Waals surface area contributed by atoms with Gasteiger partial charge in [0.2, 0.25) is 11.7 Å². The van der Waals surface area contributed by atoms with E-state index in [0.29, 0.717) is 11.4 Å². The second kappa shape index (κ2) is 8.34. The molecule has 1 heterocycles. The lowest BCUT2D eigenvalue weighted by Gasteiger charge is -2.28. The van der Waals surface area contributed by atoms with Crippen LogP contribution in [0, 0.1) is 0 Å². The van der Waals surface area contributed by atoms with Crippen LogP contribution >= 0.6 is 0 Å². The highest BCUT2D eigenvalue weighted by Crippen LogP contribution is 2.18. The number of hydrazine groups is 1. The van der Waals surface area contributed by atoms with E-state index < -0.39 is 5.91 Å². The molecule has 0 radical (unpaired) electrons. The van der Waals surface area contributed by atoms with Crippen LogP contribution in [0.2, 0.25) is 0 Å². The standard InChI is InChI=1S/C20H21N5O3/c1-13(15-7-6-8-16(11-15)23-14(2)26)22-20(28)19-21-12-18(27)25(24-19)17-9-4-3-5-10-17/h3-11,13H,12H2,1-2H3,(H,21,24)(H,22,28)(H,23,26). The molecular formula is C20H21N5O3. The van der Waals surface area contributed by atoms with Gasteiger partial charge in [0.15, 0.2) is 0 Å². The maximum absolute atomic E-state index is 12.6. The Balaban J connectivity index is 1.69. The fourth-order valence-corrected chi connectivity index (χ4v) is 2.77. The van der Waals surface area contributed by atoms with Crippen LogP contribution in [0.15, 0.2) is 59.6 Å². The van der Waals surface area contributed by atoms with Gasteiger partial charge >= 0.3 is 0 Å². The molecule has 1 aliphatic rings. The zero-order valence-electron chi connectivity index (χ0n) is 15.6. The van der Waals surface area contributed by atoms with Crippen molar-refractivity contribution >= 4 is 34.9 Å². The first-order valence-corrected chi connectivity index (χ1v) is 8.81. The number of nitrogens with zero attached hydrogens (tertiary/aromatic N) is 2. The molecule has 0 spiro atoms. The van der Waals surface area contributed by atoms with Gasteiger partial charge < -0.3 is 10.6 Å². The van der Waals surface area contributed by atoms with Gasteiger partial charge in [-0.3, -0.25) is 24.8 Å². The number of para-hydroxylation sites is 1. The molecule has 3 rings (SSSR count). The summed E-state index contributed by atoms with van der Waals surface area (Å²) < 4.78 is 0. The Morgan fingerprint density at radius 3 is 2.61 bits per heavy atom. The molecule has 3 amide bonds. The van der Waals surface area contributed by atoms with Crippen molar-refractivity contribution in [3.05, 3.63) is 60.2 Å². The van der Waals surface area contributed by atoms with Gasteiger partial charge in [-0.1, -0.05) is 30.3 Å². The molecule has 0 saturated heterocycles. The van der Waals surface area contributed by atoms with Gasteiger partial charge in [0.05, 0.1) is 11.7 Å². The molecule has 0 aromatic heterocycles. The summed E-state index contributed by atoms with van der Waals surface area (Å²) in [7, 11) is 0. The molecule has 2 aromatic rings. The summed E-state index contributed by atoms with van der Waals surface area (Å²) in [5.74, 6) is -0.779. The number of carbonyl (C=O) groups excluding carboxylic acids is 3. The highest BCUT2D eigenvalue weighted by molar-refractivity contribution is 6.39. The summed E-state index contributed by atoms with van der Waals surface area (Å²) in [6, 6.07) is 15.9. The lowest BCUT2D eigenvalue weighted by molar-refractivity contribution is -0.118. The molecule has 1 unspecified atom stereocenters. The number of rotatable bonds is 5. The van der Waals surface area contributed by atoms with E-state index >= 15 is 0 Å². The first kappa shape index (κ1) is 19.1. The van der Waals surface area contributed by atoms with E-state index in [-0.39, 0.29) is 30.2 Å². The summed E-state index contributed by atoms with van der Waals surface area (Å²) in [6.45, 7) is 3.15. The molecule has 8 heteroatoms. The van der Waals surface area contributed by atoms with Gasteiger partial charge in [-0.15, -0.1) is 0 Å². The number of nitrogens with one attached hydrogen (secondary N) is 3. The van der Waals surface area contributed by atoms with Crippen molar-refractivity contribution < 1.29 is 14.4 Å². The van der Waals surface area contributed by atoms with Gasteiger partial charge in [0, 0.05) is 12.6 Å². The second-order valence-electron chi connectivity index (χ2n) is 6.34. The smallest absolute Gasteiger partial charge is 0.288 e. The molecule has 0 aliphatic carbocycles. The number of amides is 3. The van der Waals surface area contributed by atoms with E-state index in [1.807, 2.05) is 19.1 Å². The number of aliphatic imine (C=N–C) groups is 1. The minimum absolute atomic E-state index is 0.0633. The monoisotopic (exact) mass is 379 g/mol. The molecule has 3 N–H and O–H groups in total. The average Bonchev–Trinajstić information content (AvgIpc) is 2.68. The summed E-state index contributed by atoms with van der Waals surface area (Å²) in [6.07, 6.45) is 0. The Bertz CT molecular complexity index is 926. The number of anilines is 2. The lowest BCUT2D eigenvalue weighted by Crippen LogP contribution is -2.56. The van der Waals surface area contributed by atoms with E-state index in [4.69, 9.17) is 0 Å². The molecule has 1 atom stereocenters. The molecule has 28 heavy (non-hydrogen) atoms. The number of amidine groups is 1. The average molecular weight is 379 g/mol. The van der Waals surface area contributed by atoms with Crippen LogP contribution in [-0.2, 0) is 14.4 Å². The zero-order valence-corrected chi connectivity index (χ0v) is 15.6. The predicted molar refractivity (Wildman–Crippen MR) is 107 cm³/mol. The second-order valence-corrected chi connectivity index (χ2v) is 6.34. The lowest BCUT2D eigenvalue weighted by atomic mass is 10.1. The third-order valence-electron chi connectivity index (χ3n) is 4.12. The van der Waals surface area contributed by atoms with Crippen LogP contribution in [0.1, 0.15) is 25.5 Å². The van der Waals surface area contributed by atoms with Gasteiger partial charge in [-0.05, 0) is 36.8 Å². The molecule has 1 aliphatic heterocycles. The molecule has 0 bridgehead atoms. The van der Waals surface area contributed by atoms with Gasteiger partial charge in [-0.25, -0.2) is 5.01 Å². The highest BCUT2D eigenvalue weighted by atomic mass is 16.2. The molecule has 0 fully saturated rings. The van der Waals surface area contributed by atoms with Crippen molar-refractivity contribution in [3.63, 3.8) is 0 Å². The maximum atomic E-state index is 12.6. The summed E-state index contributed by atoms with van der Waals surface area (Å²) in [5.41, 5.74) is 4.89. The SMILES string of the molecule is CC(=O)Nc1cccc(C(C)NC(=O)C2=NCC(=O)N(c3ccccc3)N2)c1. The van der Waals surface area contributed by atoms with Crippen LogP contribution < -0.4 is 21.1 Å². The fourth-order valence-electron chi connectivity index (χ4n) is 2.77. The van der Waals surface area contributed by atoms with Crippen molar-refractivity contribution in [2.75, 3.05) is 16.9 Å². The van der Waals surface area contributed by atoms with Crippen molar-refractivity contribution in [2.45, 2.75) is 19.9 Å². The third-order valence-corrected chi connectivity index (χ3v) is 4.12. The number of hydrogen-bond donors (Lipinski definition) is 3. The fraction of sp³-hybridized carbons (Fsp3) is 0.200. The largest absolute Gasteiger partial charge is 0.343 e.